The van der Waals surface area contributed by atoms with Crippen LogP contribution in [0.15, 0.2) is 0 Å². The minimum atomic E-state index is 0.257. The number of nitrogens with one attached hydrogen (secondary N) is 1. The van der Waals surface area contributed by atoms with Crippen molar-refractivity contribution in [3.8, 4) is 0 Å². The van der Waals surface area contributed by atoms with Crippen molar-refractivity contribution in [3.63, 3.8) is 0 Å². The lowest BCUT2D eigenvalue weighted by Gasteiger charge is -2.37. The third-order valence-electron chi connectivity index (χ3n) is 4.23. The number of rotatable bonds is 5. The molecule has 2 rings (SSSR count). The molecule has 2 saturated heterocycles. The fourth-order valence-electron chi connectivity index (χ4n) is 2.94. The minimum Gasteiger partial charge on any atom is -0.377 e. The van der Waals surface area contributed by atoms with E-state index in [2.05, 4.69) is 29.0 Å². The van der Waals surface area contributed by atoms with Gasteiger partial charge in [-0.15, -0.1) is 0 Å². The van der Waals surface area contributed by atoms with E-state index in [9.17, 15) is 4.79 Å². The van der Waals surface area contributed by atoms with Crippen LogP contribution < -0.4 is 5.32 Å². The molecule has 0 radical (unpaired) electrons. The summed E-state index contributed by atoms with van der Waals surface area (Å²) < 4.78 is 5.58. The first-order valence-electron chi connectivity index (χ1n) is 8.00. The van der Waals surface area contributed by atoms with Crippen LogP contribution in [-0.4, -0.2) is 74.2 Å². The van der Waals surface area contributed by atoms with E-state index in [1.807, 2.05) is 0 Å². The van der Waals surface area contributed by atoms with Gasteiger partial charge in [0.1, 0.15) is 0 Å². The van der Waals surface area contributed by atoms with E-state index in [1.54, 1.807) is 0 Å². The highest BCUT2D eigenvalue weighted by atomic mass is 16.5. The van der Waals surface area contributed by atoms with E-state index < -0.39 is 0 Å². The highest BCUT2D eigenvalue weighted by Gasteiger charge is 2.28. The number of piperazine rings is 1. The van der Waals surface area contributed by atoms with Crippen LogP contribution in [-0.2, 0) is 9.53 Å². The summed E-state index contributed by atoms with van der Waals surface area (Å²) in [6.07, 6.45) is 2.31. The summed E-state index contributed by atoms with van der Waals surface area (Å²) in [6, 6.07) is 0. The van der Waals surface area contributed by atoms with Crippen molar-refractivity contribution in [3.05, 3.63) is 0 Å². The number of ether oxygens (including phenoxy) is 1. The highest BCUT2D eigenvalue weighted by molar-refractivity contribution is 5.79. The van der Waals surface area contributed by atoms with E-state index in [-0.39, 0.29) is 5.92 Å². The molecule has 0 aromatic carbocycles. The van der Waals surface area contributed by atoms with E-state index in [0.29, 0.717) is 12.0 Å². The van der Waals surface area contributed by atoms with Crippen molar-refractivity contribution < 1.29 is 9.53 Å². The number of nitrogens with zero attached hydrogens (tertiary/aromatic N) is 2. The minimum absolute atomic E-state index is 0.257. The summed E-state index contributed by atoms with van der Waals surface area (Å²) in [5, 5.41) is 3.32. The molecular weight excluding hydrogens is 254 g/mol. The fourth-order valence-corrected chi connectivity index (χ4v) is 2.94. The summed E-state index contributed by atoms with van der Waals surface area (Å²) in [7, 11) is 0. The van der Waals surface area contributed by atoms with Gasteiger partial charge in [0.15, 0.2) is 0 Å². The monoisotopic (exact) mass is 283 g/mol. The quantitative estimate of drug-likeness (QED) is 0.800. The number of hydrogen-bond acceptors (Lipinski definition) is 4. The largest absolute Gasteiger partial charge is 0.377 e. The van der Waals surface area contributed by atoms with Gasteiger partial charge in [0.05, 0.1) is 12.7 Å². The molecule has 0 atom stereocenters. The zero-order valence-electron chi connectivity index (χ0n) is 12.9. The maximum absolute atomic E-state index is 12.4. The smallest absolute Gasteiger partial charge is 0.225 e. The molecule has 2 heterocycles. The van der Waals surface area contributed by atoms with Crippen LogP contribution in [0.1, 0.15) is 26.7 Å². The summed E-state index contributed by atoms with van der Waals surface area (Å²) in [4.78, 5) is 16.9. The van der Waals surface area contributed by atoms with Gasteiger partial charge in [0.2, 0.25) is 5.91 Å². The SMILES string of the molecule is CC(C)OCCN1CCN(C(=O)C2CCNCC2)CC1. The van der Waals surface area contributed by atoms with Crippen molar-refractivity contribution in [1.29, 1.82) is 0 Å². The van der Waals surface area contributed by atoms with Crippen molar-refractivity contribution in [2.75, 3.05) is 52.4 Å². The Labute approximate surface area is 122 Å². The van der Waals surface area contributed by atoms with Crippen LogP contribution >= 0.6 is 0 Å². The van der Waals surface area contributed by atoms with Crippen LogP contribution in [0.25, 0.3) is 0 Å². The van der Waals surface area contributed by atoms with Crippen LogP contribution in [0.3, 0.4) is 0 Å². The topological polar surface area (TPSA) is 44.8 Å². The molecule has 0 spiro atoms. The number of piperidine rings is 1. The number of carbonyl (C=O) groups is 1. The number of amides is 1. The Bertz CT molecular complexity index is 295. The highest BCUT2D eigenvalue weighted by Crippen LogP contribution is 2.16. The van der Waals surface area contributed by atoms with Crippen LogP contribution in [0.5, 0.6) is 0 Å². The molecule has 2 aliphatic heterocycles. The Kier molecular flexibility index (Phi) is 6.26. The van der Waals surface area contributed by atoms with Crippen LogP contribution in [0.2, 0.25) is 0 Å². The maximum Gasteiger partial charge on any atom is 0.225 e. The van der Waals surface area contributed by atoms with E-state index in [4.69, 9.17) is 4.74 Å². The molecule has 0 aliphatic carbocycles. The Morgan fingerprint density at radius 3 is 2.45 bits per heavy atom. The molecule has 1 N–H and O–H groups in total. The molecule has 2 fully saturated rings. The zero-order valence-corrected chi connectivity index (χ0v) is 12.9. The summed E-state index contributed by atoms with van der Waals surface area (Å²) >= 11 is 0. The number of hydrogen-bond donors (Lipinski definition) is 1. The van der Waals surface area contributed by atoms with Crippen molar-refractivity contribution >= 4 is 5.91 Å². The molecule has 20 heavy (non-hydrogen) atoms. The van der Waals surface area contributed by atoms with Gasteiger partial charge in [-0.1, -0.05) is 0 Å². The predicted octanol–water partition coefficient (Wildman–Crippen LogP) is 0.555. The van der Waals surface area contributed by atoms with Crippen LogP contribution in [0, 0.1) is 5.92 Å². The van der Waals surface area contributed by atoms with Crippen molar-refractivity contribution in [2.24, 2.45) is 5.92 Å². The third kappa shape index (κ3) is 4.72. The van der Waals surface area contributed by atoms with E-state index in [0.717, 1.165) is 65.3 Å². The lowest BCUT2D eigenvalue weighted by Crippen LogP contribution is -2.51. The van der Waals surface area contributed by atoms with E-state index in [1.165, 1.54) is 0 Å². The number of carbonyl (C=O) groups excluding carboxylic acids is 1. The van der Waals surface area contributed by atoms with Crippen LogP contribution in [0.4, 0.5) is 0 Å². The average Bonchev–Trinajstić information content (AvgIpc) is 2.48. The third-order valence-corrected chi connectivity index (χ3v) is 4.23. The molecule has 0 saturated carbocycles. The van der Waals surface area contributed by atoms with Gasteiger partial charge in [-0.2, -0.15) is 0 Å². The molecular formula is C15H29N3O2. The van der Waals surface area contributed by atoms with Gasteiger partial charge in [-0.25, -0.2) is 0 Å². The summed E-state index contributed by atoms with van der Waals surface area (Å²) in [6.45, 7) is 11.6. The zero-order chi connectivity index (χ0) is 14.4. The second kappa shape index (κ2) is 7.96. The molecule has 1 amide bonds. The first kappa shape index (κ1) is 15.7. The molecule has 116 valence electrons. The van der Waals surface area contributed by atoms with Gasteiger partial charge < -0.3 is 15.0 Å². The molecule has 5 heteroatoms. The molecule has 2 aliphatic rings. The maximum atomic E-state index is 12.4. The molecule has 0 bridgehead atoms. The Morgan fingerprint density at radius 1 is 1.20 bits per heavy atom. The van der Waals surface area contributed by atoms with E-state index >= 15 is 0 Å². The van der Waals surface area contributed by atoms with Gasteiger partial charge >= 0.3 is 0 Å². The fraction of sp³-hybridized carbons (Fsp3) is 0.933. The van der Waals surface area contributed by atoms with Crippen molar-refractivity contribution in [1.82, 2.24) is 15.1 Å². The molecule has 0 unspecified atom stereocenters. The predicted molar refractivity (Wildman–Crippen MR) is 79.7 cm³/mol. The average molecular weight is 283 g/mol. The van der Waals surface area contributed by atoms with Gasteiger partial charge in [0, 0.05) is 38.6 Å². The summed E-state index contributed by atoms with van der Waals surface area (Å²) in [5.74, 6) is 0.636. The van der Waals surface area contributed by atoms with Gasteiger partial charge in [0.25, 0.3) is 0 Å². The lowest BCUT2D eigenvalue weighted by molar-refractivity contribution is -0.138. The van der Waals surface area contributed by atoms with Gasteiger partial charge in [-0.05, 0) is 39.8 Å². The van der Waals surface area contributed by atoms with Gasteiger partial charge in [-0.3, -0.25) is 9.69 Å². The second-order valence-corrected chi connectivity index (χ2v) is 6.11. The molecule has 5 nitrogen and oxygen atoms in total. The lowest BCUT2D eigenvalue weighted by atomic mass is 9.96. The molecule has 0 aromatic heterocycles. The first-order chi connectivity index (χ1) is 9.66. The Hall–Kier alpha value is -0.650. The Balaban J connectivity index is 1.66. The standard InChI is InChI=1S/C15H29N3O2/c1-13(2)20-12-11-17-7-9-18(10-8-17)15(19)14-3-5-16-6-4-14/h13-14,16H,3-12H2,1-2H3. The Morgan fingerprint density at radius 2 is 1.85 bits per heavy atom. The summed E-state index contributed by atoms with van der Waals surface area (Å²) in [5.41, 5.74) is 0. The second-order valence-electron chi connectivity index (χ2n) is 6.11. The first-order valence-corrected chi connectivity index (χ1v) is 8.00. The van der Waals surface area contributed by atoms with Crippen molar-refractivity contribution in [2.45, 2.75) is 32.8 Å². The normalized spacial score (nSPS) is 22.4. The molecule has 0 aromatic rings.